The van der Waals surface area contributed by atoms with Crippen LogP contribution in [-0.2, 0) is 12.8 Å². The SMILES string of the molecule is CNCCc1ccccc1CC(C)C. The second-order valence-corrected chi connectivity index (χ2v) is 4.22. The first-order valence-corrected chi connectivity index (χ1v) is 5.45. The second-order valence-electron chi connectivity index (χ2n) is 4.22. The van der Waals surface area contributed by atoms with E-state index in [1.807, 2.05) is 7.05 Å². The highest BCUT2D eigenvalue weighted by Gasteiger charge is 2.03. The van der Waals surface area contributed by atoms with Crippen molar-refractivity contribution in [2.75, 3.05) is 13.6 Å². The van der Waals surface area contributed by atoms with Crippen molar-refractivity contribution in [1.29, 1.82) is 0 Å². The van der Waals surface area contributed by atoms with Gasteiger partial charge in [-0.3, -0.25) is 0 Å². The van der Waals surface area contributed by atoms with E-state index < -0.39 is 0 Å². The summed E-state index contributed by atoms with van der Waals surface area (Å²) in [5.74, 6) is 0.741. The van der Waals surface area contributed by atoms with E-state index in [2.05, 4.69) is 43.4 Å². The highest BCUT2D eigenvalue weighted by Crippen LogP contribution is 2.13. The number of nitrogens with one attached hydrogen (secondary N) is 1. The van der Waals surface area contributed by atoms with Gasteiger partial charge in [0.1, 0.15) is 0 Å². The van der Waals surface area contributed by atoms with Gasteiger partial charge < -0.3 is 5.32 Å². The zero-order chi connectivity index (χ0) is 10.4. The Morgan fingerprint density at radius 2 is 1.79 bits per heavy atom. The molecule has 14 heavy (non-hydrogen) atoms. The second kappa shape index (κ2) is 5.82. The molecule has 0 aromatic heterocycles. The van der Waals surface area contributed by atoms with Crippen LogP contribution in [0.4, 0.5) is 0 Å². The van der Waals surface area contributed by atoms with Crippen LogP contribution in [0.3, 0.4) is 0 Å². The molecule has 0 saturated carbocycles. The number of hydrogen-bond donors (Lipinski definition) is 1. The van der Waals surface area contributed by atoms with Gasteiger partial charge in [0.2, 0.25) is 0 Å². The number of likely N-dealkylation sites (N-methyl/N-ethyl adjacent to an activating group) is 1. The van der Waals surface area contributed by atoms with Crippen LogP contribution in [0.1, 0.15) is 25.0 Å². The lowest BCUT2D eigenvalue weighted by Crippen LogP contribution is -2.12. The lowest BCUT2D eigenvalue weighted by atomic mass is 9.96. The van der Waals surface area contributed by atoms with E-state index in [0.29, 0.717) is 0 Å². The number of benzene rings is 1. The largest absolute Gasteiger partial charge is 0.319 e. The topological polar surface area (TPSA) is 12.0 Å². The zero-order valence-corrected chi connectivity index (χ0v) is 9.51. The minimum Gasteiger partial charge on any atom is -0.319 e. The average Bonchev–Trinajstić information content (AvgIpc) is 2.16. The summed E-state index contributed by atoms with van der Waals surface area (Å²) in [5.41, 5.74) is 3.01. The molecule has 0 fully saturated rings. The Hall–Kier alpha value is -0.820. The summed E-state index contributed by atoms with van der Waals surface area (Å²) in [7, 11) is 2.01. The Morgan fingerprint density at radius 3 is 2.36 bits per heavy atom. The third kappa shape index (κ3) is 3.51. The van der Waals surface area contributed by atoms with Crippen LogP contribution < -0.4 is 5.32 Å². The van der Waals surface area contributed by atoms with Crippen LogP contribution in [-0.4, -0.2) is 13.6 Å². The van der Waals surface area contributed by atoms with Crippen LogP contribution in [0.5, 0.6) is 0 Å². The first-order chi connectivity index (χ1) is 6.74. The fourth-order valence-electron chi connectivity index (χ4n) is 1.70. The number of rotatable bonds is 5. The Bertz CT molecular complexity index is 266. The van der Waals surface area contributed by atoms with E-state index in [9.17, 15) is 0 Å². The number of hydrogen-bond acceptors (Lipinski definition) is 1. The smallest absolute Gasteiger partial charge is 0.00113 e. The van der Waals surface area contributed by atoms with Crippen molar-refractivity contribution in [3.05, 3.63) is 35.4 Å². The minimum atomic E-state index is 0.741. The van der Waals surface area contributed by atoms with Crippen molar-refractivity contribution in [1.82, 2.24) is 5.32 Å². The highest BCUT2D eigenvalue weighted by molar-refractivity contribution is 5.27. The molecule has 1 aromatic rings. The molecule has 1 heteroatoms. The Morgan fingerprint density at radius 1 is 1.14 bits per heavy atom. The van der Waals surface area contributed by atoms with Gasteiger partial charge in [-0.25, -0.2) is 0 Å². The third-order valence-electron chi connectivity index (χ3n) is 2.39. The van der Waals surface area contributed by atoms with Gasteiger partial charge in [0.05, 0.1) is 0 Å². The van der Waals surface area contributed by atoms with Crippen LogP contribution in [0.2, 0.25) is 0 Å². The fraction of sp³-hybridized carbons (Fsp3) is 0.538. The van der Waals surface area contributed by atoms with E-state index in [1.54, 1.807) is 0 Å². The first kappa shape index (κ1) is 11.3. The normalized spacial score (nSPS) is 10.9. The van der Waals surface area contributed by atoms with Crippen LogP contribution in [0.25, 0.3) is 0 Å². The van der Waals surface area contributed by atoms with Gasteiger partial charge in [0.15, 0.2) is 0 Å². The molecule has 0 aliphatic carbocycles. The summed E-state index contributed by atoms with van der Waals surface area (Å²) >= 11 is 0. The van der Waals surface area contributed by atoms with Crippen molar-refractivity contribution in [3.63, 3.8) is 0 Å². The predicted octanol–water partition coefficient (Wildman–Crippen LogP) is 2.65. The van der Waals surface area contributed by atoms with Gasteiger partial charge in [-0.15, -0.1) is 0 Å². The molecular weight excluding hydrogens is 170 g/mol. The Kier molecular flexibility index (Phi) is 4.68. The lowest BCUT2D eigenvalue weighted by Gasteiger charge is -2.11. The van der Waals surface area contributed by atoms with E-state index in [-0.39, 0.29) is 0 Å². The molecule has 1 aromatic carbocycles. The molecular formula is C13H21N. The molecule has 0 aliphatic heterocycles. The van der Waals surface area contributed by atoms with Crippen LogP contribution >= 0.6 is 0 Å². The maximum Gasteiger partial charge on any atom is -0.00113 e. The first-order valence-electron chi connectivity index (χ1n) is 5.45. The molecule has 1 N–H and O–H groups in total. The summed E-state index contributed by atoms with van der Waals surface area (Å²) in [6, 6.07) is 8.77. The van der Waals surface area contributed by atoms with Crippen molar-refractivity contribution in [2.24, 2.45) is 5.92 Å². The molecule has 0 atom stereocenters. The van der Waals surface area contributed by atoms with Gasteiger partial charge in [0, 0.05) is 0 Å². The molecule has 1 rings (SSSR count). The molecule has 78 valence electrons. The molecule has 0 heterocycles. The molecule has 0 aliphatic rings. The maximum absolute atomic E-state index is 3.20. The molecule has 0 amide bonds. The van der Waals surface area contributed by atoms with Crippen LogP contribution in [0, 0.1) is 5.92 Å². The Balaban J connectivity index is 2.69. The van der Waals surface area contributed by atoms with Gasteiger partial charge in [-0.05, 0) is 43.5 Å². The van der Waals surface area contributed by atoms with Gasteiger partial charge in [-0.2, -0.15) is 0 Å². The molecule has 1 nitrogen and oxygen atoms in total. The van der Waals surface area contributed by atoms with Gasteiger partial charge in [0.25, 0.3) is 0 Å². The van der Waals surface area contributed by atoms with Crippen molar-refractivity contribution in [3.8, 4) is 0 Å². The quantitative estimate of drug-likeness (QED) is 0.754. The average molecular weight is 191 g/mol. The predicted molar refractivity (Wildman–Crippen MR) is 62.6 cm³/mol. The van der Waals surface area contributed by atoms with Crippen molar-refractivity contribution < 1.29 is 0 Å². The van der Waals surface area contributed by atoms with Crippen molar-refractivity contribution >= 4 is 0 Å². The third-order valence-corrected chi connectivity index (χ3v) is 2.39. The van der Waals surface area contributed by atoms with Crippen LogP contribution in [0.15, 0.2) is 24.3 Å². The van der Waals surface area contributed by atoms with Gasteiger partial charge >= 0.3 is 0 Å². The minimum absolute atomic E-state index is 0.741. The molecule has 0 unspecified atom stereocenters. The Labute approximate surface area is 87.5 Å². The van der Waals surface area contributed by atoms with E-state index in [4.69, 9.17) is 0 Å². The zero-order valence-electron chi connectivity index (χ0n) is 9.51. The standard InChI is InChI=1S/C13H21N/c1-11(2)10-13-7-5-4-6-12(13)8-9-14-3/h4-7,11,14H,8-10H2,1-3H3. The summed E-state index contributed by atoms with van der Waals surface area (Å²) in [4.78, 5) is 0. The van der Waals surface area contributed by atoms with E-state index >= 15 is 0 Å². The molecule has 0 saturated heterocycles. The van der Waals surface area contributed by atoms with E-state index in [0.717, 1.165) is 18.9 Å². The molecule has 0 radical (unpaired) electrons. The monoisotopic (exact) mass is 191 g/mol. The lowest BCUT2D eigenvalue weighted by molar-refractivity contribution is 0.640. The highest BCUT2D eigenvalue weighted by atomic mass is 14.8. The summed E-state index contributed by atoms with van der Waals surface area (Å²) in [6.07, 6.45) is 2.33. The summed E-state index contributed by atoms with van der Waals surface area (Å²) in [5, 5.41) is 3.20. The summed E-state index contributed by atoms with van der Waals surface area (Å²) < 4.78 is 0. The molecule has 0 bridgehead atoms. The van der Waals surface area contributed by atoms with Gasteiger partial charge in [-0.1, -0.05) is 38.1 Å². The maximum atomic E-state index is 3.20. The molecule has 0 spiro atoms. The van der Waals surface area contributed by atoms with Crippen molar-refractivity contribution in [2.45, 2.75) is 26.7 Å². The summed E-state index contributed by atoms with van der Waals surface area (Å²) in [6.45, 7) is 5.61. The van der Waals surface area contributed by atoms with E-state index in [1.165, 1.54) is 17.5 Å². The fourth-order valence-corrected chi connectivity index (χ4v) is 1.70.